The molecule has 4 heteroatoms. The van der Waals surface area contributed by atoms with Gasteiger partial charge in [-0.25, -0.2) is 0 Å². The zero-order valence-corrected chi connectivity index (χ0v) is 20.1. The number of rotatable bonds is 20. The molecule has 1 atom stereocenters. The molecule has 0 spiro atoms. The van der Waals surface area contributed by atoms with Crippen LogP contribution in [0.25, 0.3) is 0 Å². The van der Waals surface area contributed by atoms with Crippen LogP contribution in [0.15, 0.2) is 0 Å². The Morgan fingerprint density at radius 2 is 1.19 bits per heavy atom. The molecule has 0 aliphatic rings. The van der Waals surface area contributed by atoms with E-state index in [4.69, 9.17) is 0 Å². The fourth-order valence-electron chi connectivity index (χ4n) is 3.38. The number of unbranched alkanes of at least 4 members (excludes halogenated alkanes) is 12. The first-order valence-electron chi connectivity index (χ1n) is 11.1. The summed E-state index contributed by atoms with van der Waals surface area (Å²) < 4.78 is 0. The standard InChI is InChI=1S/C22H45NO2.Na/c1-3-5-7-9-11-12-14-16-20-23-21(18-19-22(24)25)17-15-13-10-8-6-4-2;/h21,23H,3-20H2,1-2H3,(H,24,25);/q;+1/p-1. The average Bonchev–Trinajstić information content (AvgIpc) is 2.60. The number of hydrogen-bond acceptors (Lipinski definition) is 3. The molecule has 1 N–H and O–H groups in total. The van der Waals surface area contributed by atoms with Gasteiger partial charge in [0.1, 0.15) is 0 Å². The number of carboxylic acid groups (broad SMARTS) is 1. The van der Waals surface area contributed by atoms with Crippen molar-refractivity contribution in [3.05, 3.63) is 0 Å². The van der Waals surface area contributed by atoms with Crippen molar-refractivity contribution in [2.24, 2.45) is 0 Å². The Hall–Kier alpha value is 0.430. The molecule has 0 saturated heterocycles. The van der Waals surface area contributed by atoms with Crippen LogP contribution in [0.2, 0.25) is 0 Å². The van der Waals surface area contributed by atoms with Gasteiger partial charge in [0.2, 0.25) is 0 Å². The van der Waals surface area contributed by atoms with Crippen molar-refractivity contribution in [1.29, 1.82) is 0 Å². The van der Waals surface area contributed by atoms with Crippen LogP contribution in [-0.4, -0.2) is 18.6 Å². The van der Waals surface area contributed by atoms with E-state index in [0.717, 1.165) is 13.0 Å². The summed E-state index contributed by atoms with van der Waals surface area (Å²) in [5.41, 5.74) is 0. The van der Waals surface area contributed by atoms with Gasteiger partial charge in [-0.15, -0.1) is 0 Å². The van der Waals surface area contributed by atoms with Crippen molar-refractivity contribution in [3.8, 4) is 0 Å². The summed E-state index contributed by atoms with van der Waals surface area (Å²) >= 11 is 0. The van der Waals surface area contributed by atoms with Gasteiger partial charge in [-0.1, -0.05) is 97.3 Å². The molecule has 0 rings (SSSR count). The fraction of sp³-hybridized carbons (Fsp3) is 0.955. The summed E-state index contributed by atoms with van der Waals surface area (Å²) in [6, 6.07) is 0.355. The van der Waals surface area contributed by atoms with Crippen LogP contribution in [0.4, 0.5) is 0 Å². The predicted molar refractivity (Wildman–Crippen MR) is 107 cm³/mol. The Balaban J connectivity index is 0. The molecule has 0 radical (unpaired) electrons. The summed E-state index contributed by atoms with van der Waals surface area (Å²) in [5, 5.41) is 14.3. The Morgan fingerprint density at radius 1 is 0.731 bits per heavy atom. The van der Waals surface area contributed by atoms with E-state index < -0.39 is 5.97 Å². The van der Waals surface area contributed by atoms with Crippen LogP contribution in [0, 0.1) is 0 Å². The van der Waals surface area contributed by atoms with Crippen LogP contribution >= 0.6 is 0 Å². The second kappa shape index (κ2) is 23.5. The summed E-state index contributed by atoms with van der Waals surface area (Å²) in [6.45, 7) is 5.53. The molecule has 0 aromatic heterocycles. The third-order valence-corrected chi connectivity index (χ3v) is 5.07. The van der Waals surface area contributed by atoms with Gasteiger partial charge in [0.15, 0.2) is 0 Å². The van der Waals surface area contributed by atoms with Crippen molar-refractivity contribution in [2.45, 2.75) is 129 Å². The van der Waals surface area contributed by atoms with Crippen LogP contribution in [0.3, 0.4) is 0 Å². The molecule has 0 aromatic carbocycles. The maximum atomic E-state index is 10.7. The molecule has 0 amide bonds. The van der Waals surface area contributed by atoms with E-state index in [1.165, 1.54) is 89.9 Å². The third kappa shape index (κ3) is 22.5. The molecule has 3 nitrogen and oxygen atoms in total. The van der Waals surface area contributed by atoms with Gasteiger partial charge in [-0.05, 0) is 32.2 Å². The first kappa shape index (κ1) is 28.6. The van der Waals surface area contributed by atoms with Crippen molar-refractivity contribution in [3.63, 3.8) is 0 Å². The normalized spacial score (nSPS) is 11.9. The third-order valence-electron chi connectivity index (χ3n) is 5.07. The molecule has 1 unspecified atom stereocenters. The molecule has 26 heavy (non-hydrogen) atoms. The van der Waals surface area contributed by atoms with Crippen molar-refractivity contribution in [2.75, 3.05) is 6.54 Å². The van der Waals surface area contributed by atoms with Gasteiger partial charge in [-0.2, -0.15) is 0 Å². The Morgan fingerprint density at radius 3 is 1.69 bits per heavy atom. The van der Waals surface area contributed by atoms with E-state index >= 15 is 0 Å². The van der Waals surface area contributed by atoms with Crippen LogP contribution < -0.4 is 40.0 Å². The molecular formula is C22H44NNaO2. The van der Waals surface area contributed by atoms with E-state index in [-0.39, 0.29) is 36.0 Å². The monoisotopic (exact) mass is 377 g/mol. The Kier molecular flexibility index (Phi) is 25.9. The molecule has 0 aromatic rings. The van der Waals surface area contributed by atoms with Crippen LogP contribution in [0.5, 0.6) is 0 Å². The molecule has 150 valence electrons. The van der Waals surface area contributed by atoms with Crippen molar-refractivity contribution < 1.29 is 39.5 Å². The molecule has 0 saturated carbocycles. The fourth-order valence-corrected chi connectivity index (χ4v) is 3.38. The van der Waals surface area contributed by atoms with Gasteiger partial charge < -0.3 is 15.2 Å². The number of carboxylic acids is 1. The van der Waals surface area contributed by atoms with E-state index in [1.54, 1.807) is 0 Å². The maximum Gasteiger partial charge on any atom is 1.00 e. The molecule has 0 aliphatic heterocycles. The van der Waals surface area contributed by atoms with E-state index in [1.807, 2.05) is 0 Å². The quantitative estimate of drug-likeness (QED) is 0.262. The second-order valence-corrected chi connectivity index (χ2v) is 7.59. The van der Waals surface area contributed by atoms with Gasteiger partial charge in [0.25, 0.3) is 0 Å². The van der Waals surface area contributed by atoms with Gasteiger partial charge in [0, 0.05) is 12.0 Å². The molecule has 0 heterocycles. The molecular weight excluding hydrogens is 333 g/mol. The summed E-state index contributed by atoms with van der Waals surface area (Å²) in [7, 11) is 0. The molecule has 0 bridgehead atoms. The summed E-state index contributed by atoms with van der Waals surface area (Å²) in [6.07, 6.45) is 20.5. The van der Waals surface area contributed by atoms with Crippen LogP contribution in [0.1, 0.15) is 123 Å². The number of carbonyl (C=O) groups is 1. The molecule has 0 fully saturated rings. The number of aliphatic carboxylic acids is 1. The second-order valence-electron chi connectivity index (χ2n) is 7.59. The largest absolute Gasteiger partial charge is 1.00 e. The smallest absolute Gasteiger partial charge is 0.550 e. The molecule has 0 aliphatic carbocycles. The maximum absolute atomic E-state index is 10.7. The number of nitrogens with one attached hydrogen (secondary N) is 1. The average molecular weight is 378 g/mol. The Bertz CT molecular complexity index is 287. The first-order chi connectivity index (χ1) is 12.2. The summed E-state index contributed by atoms with van der Waals surface area (Å²) in [5.74, 6) is -0.915. The predicted octanol–water partition coefficient (Wildman–Crippen LogP) is 2.37. The van der Waals surface area contributed by atoms with Gasteiger partial charge in [0.05, 0.1) is 0 Å². The van der Waals surface area contributed by atoms with E-state index in [2.05, 4.69) is 19.2 Å². The van der Waals surface area contributed by atoms with Gasteiger partial charge in [-0.3, -0.25) is 0 Å². The Labute approximate surface area is 185 Å². The topological polar surface area (TPSA) is 52.2 Å². The minimum absolute atomic E-state index is 0. The van der Waals surface area contributed by atoms with Gasteiger partial charge >= 0.3 is 29.6 Å². The minimum Gasteiger partial charge on any atom is -0.550 e. The number of carbonyl (C=O) groups excluding carboxylic acids is 1. The minimum atomic E-state index is -0.915. The van der Waals surface area contributed by atoms with Crippen molar-refractivity contribution >= 4 is 5.97 Å². The van der Waals surface area contributed by atoms with Crippen molar-refractivity contribution in [1.82, 2.24) is 5.32 Å². The zero-order valence-electron chi connectivity index (χ0n) is 18.1. The van der Waals surface area contributed by atoms with E-state index in [9.17, 15) is 9.90 Å². The van der Waals surface area contributed by atoms with Crippen LogP contribution in [-0.2, 0) is 4.79 Å². The zero-order chi connectivity index (χ0) is 18.6. The number of hydrogen-bond donors (Lipinski definition) is 1. The van der Waals surface area contributed by atoms with E-state index in [0.29, 0.717) is 12.5 Å². The SMILES string of the molecule is CCCCCCCCCCNC(CCCCCCCC)CCC(=O)[O-].[Na+]. The first-order valence-corrected chi connectivity index (χ1v) is 11.1. The summed E-state index contributed by atoms with van der Waals surface area (Å²) in [4.78, 5) is 10.7.